The summed E-state index contributed by atoms with van der Waals surface area (Å²) in [6, 6.07) is 11.9. The molecule has 0 spiro atoms. The number of azo groups is 2. The van der Waals surface area contributed by atoms with Gasteiger partial charge in [0.1, 0.15) is 55.5 Å². The molecule has 0 aromatic heterocycles. The number of rotatable bonds is 10. The number of urea groups is 1. The van der Waals surface area contributed by atoms with Crippen LogP contribution in [0, 0.1) is 0 Å². The van der Waals surface area contributed by atoms with Crippen LogP contribution < -0.4 is 10.6 Å². The molecule has 27 heteroatoms. The molecule has 312 valence electrons. The molecule has 23 nitrogen and oxygen atoms in total. The van der Waals surface area contributed by atoms with Gasteiger partial charge in [0, 0.05) is 22.9 Å². The molecule has 10 N–H and O–H groups in total. The highest BCUT2D eigenvalue weighted by Crippen LogP contribution is 2.42. The number of amides is 2. The lowest BCUT2D eigenvalue weighted by atomic mass is 10.1. The Morgan fingerprint density at radius 2 is 0.800 bits per heavy atom. The fourth-order valence-electron chi connectivity index (χ4n) is 5.47. The van der Waals surface area contributed by atoms with Gasteiger partial charge in [0.15, 0.2) is 0 Å². The maximum absolute atomic E-state index is 13.1. The van der Waals surface area contributed by atoms with Crippen LogP contribution in [0.25, 0.3) is 21.5 Å². The van der Waals surface area contributed by atoms with Gasteiger partial charge in [-0.3, -0.25) is 18.2 Å². The Hall–Kier alpha value is -6.85. The van der Waals surface area contributed by atoms with Crippen molar-refractivity contribution in [2.45, 2.75) is 19.6 Å². The van der Waals surface area contributed by atoms with Crippen molar-refractivity contribution in [1.29, 1.82) is 0 Å². The van der Waals surface area contributed by atoms with E-state index in [1.807, 2.05) is 10.6 Å². The van der Waals surface area contributed by atoms with E-state index in [1.165, 1.54) is 24.3 Å². The van der Waals surface area contributed by atoms with Crippen molar-refractivity contribution in [3.05, 3.63) is 84.9 Å². The Morgan fingerprint density at radius 1 is 0.433 bits per heavy atom. The molecule has 6 aromatic carbocycles. The third kappa shape index (κ3) is 9.06. The Balaban J connectivity index is 1.30. The first-order valence-electron chi connectivity index (χ1n) is 15.9. The van der Waals surface area contributed by atoms with Crippen molar-refractivity contribution in [3.63, 3.8) is 0 Å². The van der Waals surface area contributed by atoms with Crippen LogP contribution in [0.15, 0.2) is 125 Å². The molecule has 0 saturated heterocycles. The minimum atomic E-state index is -5.27. The van der Waals surface area contributed by atoms with E-state index in [2.05, 4.69) is 20.5 Å². The van der Waals surface area contributed by atoms with Crippen LogP contribution in [0.5, 0.6) is 23.0 Å². The van der Waals surface area contributed by atoms with Crippen molar-refractivity contribution >= 4 is 102 Å². The van der Waals surface area contributed by atoms with E-state index in [9.17, 15) is 77.1 Å². The van der Waals surface area contributed by atoms with Crippen LogP contribution >= 0.6 is 0 Å². The number of fused-ring (bicyclic) bond motifs is 2. The van der Waals surface area contributed by atoms with Gasteiger partial charge in [0.05, 0.1) is 21.2 Å². The van der Waals surface area contributed by atoms with Gasteiger partial charge in [-0.2, -0.15) is 33.7 Å². The van der Waals surface area contributed by atoms with Gasteiger partial charge in [0.25, 0.3) is 40.5 Å². The second-order valence-electron chi connectivity index (χ2n) is 12.2. The van der Waals surface area contributed by atoms with Crippen LogP contribution in [0.2, 0.25) is 0 Å². The van der Waals surface area contributed by atoms with Crippen molar-refractivity contribution in [2.24, 2.45) is 20.5 Å². The second kappa shape index (κ2) is 15.4. The molecule has 0 aliphatic heterocycles. The van der Waals surface area contributed by atoms with E-state index < -0.39 is 112 Å². The zero-order chi connectivity index (χ0) is 44.1. The molecule has 0 aliphatic rings. The largest absolute Gasteiger partial charge is 0.506 e. The Bertz CT molecular complexity index is 3120. The highest BCUT2D eigenvalue weighted by atomic mass is 32.2. The lowest BCUT2D eigenvalue weighted by molar-refractivity contribution is 0.262. The topological polar surface area (TPSA) is 389 Å². The van der Waals surface area contributed by atoms with E-state index in [0.717, 1.165) is 36.4 Å². The maximum atomic E-state index is 13.1. The summed E-state index contributed by atoms with van der Waals surface area (Å²) in [5.41, 5.74) is -3.61. The molecule has 6 aromatic rings. The summed E-state index contributed by atoms with van der Waals surface area (Å²) in [6.07, 6.45) is 0. The van der Waals surface area contributed by atoms with Gasteiger partial charge in [-0.15, -0.1) is 20.5 Å². The second-order valence-corrected chi connectivity index (χ2v) is 17.8. The highest BCUT2D eigenvalue weighted by molar-refractivity contribution is 7.86. The number of anilines is 2. The third-order valence-corrected chi connectivity index (χ3v) is 11.7. The minimum Gasteiger partial charge on any atom is -0.506 e. The molecule has 0 radical (unpaired) electrons. The fourth-order valence-corrected chi connectivity index (χ4v) is 7.80. The Labute approximate surface area is 336 Å². The lowest BCUT2D eigenvalue weighted by Crippen LogP contribution is -2.22. The zero-order valence-electron chi connectivity index (χ0n) is 29.3. The average Bonchev–Trinajstić information content (AvgIpc) is 3.13. The standard InChI is InChI=1S/C33H24N6O17S4/c40-25-7-1-15-9-17(57(45,46)47)3-5-19(15)31(25)38-36-21-13-29(59(51,52)53)23(11-27(21)42)34-33(44)35-24-12-28(43)22(14-30(24)60(54,55)56)37-39-32-20-6-4-18(58(48,49)50)10-16(20)2-8-26(32)41/h1-14,40-43H,(H2,34,35,44)(H,45,46,47)(H,48,49,50)(H,51,52,53)(H,54,55,56). The molecular weight excluding hydrogens is 881 g/mol. The van der Waals surface area contributed by atoms with Gasteiger partial charge < -0.3 is 31.1 Å². The van der Waals surface area contributed by atoms with Crippen molar-refractivity contribution in [3.8, 4) is 23.0 Å². The Kier molecular flexibility index (Phi) is 11.0. The average molecular weight is 905 g/mol. The first-order valence-corrected chi connectivity index (χ1v) is 21.6. The normalized spacial score (nSPS) is 12.7. The van der Waals surface area contributed by atoms with Crippen LogP contribution in [-0.2, 0) is 40.5 Å². The predicted octanol–water partition coefficient (Wildman–Crippen LogP) is 6.28. The summed E-state index contributed by atoms with van der Waals surface area (Å²) < 4.78 is 134. The van der Waals surface area contributed by atoms with Crippen molar-refractivity contribution in [2.75, 3.05) is 10.6 Å². The quantitative estimate of drug-likeness (QED) is 0.0534. The minimum absolute atomic E-state index is 0.0882. The monoisotopic (exact) mass is 904 g/mol. The summed E-state index contributed by atoms with van der Waals surface area (Å²) in [5.74, 6) is -2.80. The van der Waals surface area contributed by atoms with Crippen molar-refractivity contribution < 1.29 is 77.1 Å². The number of hydrogen-bond donors (Lipinski definition) is 10. The first kappa shape index (κ1) is 42.7. The van der Waals surface area contributed by atoms with Crippen LogP contribution in [0.1, 0.15) is 0 Å². The number of nitrogens with zero attached hydrogens (tertiary/aromatic N) is 4. The van der Waals surface area contributed by atoms with E-state index in [0.29, 0.717) is 24.3 Å². The molecule has 0 atom stereocenters. The first-order chi connectivity index (χ1) is 27.8. The smallest absolute Gasteiger partial charge is 0.323 e. The molecule has 0 fully saturated rings. The number of carbonyl (C=O) groups excluding carboxylic acids is 1. The van der Waals surface area contributed by atoms with E-state index in [1.54, 1.807) is 0 Å². The lowest BCUT2D eigenvalue weighted by Gasteiger charge is -2.14. The van der Waals surface area contributed by atoms with Gasteiger partial charge in [-0.1, -0.05) is 24.3 Å². The number of aromatic hydroxyl groups is 4. The summed E-state index contributed by atoms with van der Waals surface area (Å²) in [6.45, 7) is 0. The summed E-state index contributed by atoms with van der Waals surface area (Å²) in [7, 11) is -19.8. The number of nitrogens with one attached hydrogen (secondary N) is 2. The molecule has 60 heavy (non-hydrogen) atoms. The molecule has 0 saturated carbocycles. The van der Waals surface area contributed by atoms with E-state index in [4.69, 9.17) is 0 Å². The van der Waals surface area contributed by atoms with Crippen LogP contribution in [0.4, 0.5) is 38.9 Å². The summed E-state index contributed by atoms with van der Waals surface area (Å²) >= 11 is 0. The third-order valence-electron chi connectivity index (χ3n) is 8.20. The molecule has 2 amide bonds. The number of phenolic OH excluding ortho intramolecular Hbond substituents is 4. The SMILES string of the molecule is O=C(Nc1cc(O)c(N=Nc2c(O)ccc3cc(S(=O)(=O)O)ccc23)cc1S(=O)(=O)O)Nc1cc(O)c(N=Nc2c(O)ccc3cc(S(=O)(=O)O)ccc23)cc1S(=O)(=O)O. The molecular formula is C33H24N6O17S4. The van der Waals surface area contributed by atoms with Crippen molar-refractivity contribution in [1.82, 2.24) is 0 Å². The molecule has 6 rings (SSSR count). The van der Waals surface area contributed by atoms with E-state index in [-0.39, 0.29) is 32.9 Å². The molecule has 0 unspecified atom stereocenters. The van der Waals surface area contributed by atoms with Gasteiger partial charge >= 0.3 is 6.03 Å². The number of hydrogen-bond acceptors (Lipinski definition) is 17. The van der Waals surface area contributed by atoms with Gasteiger partial charge in [-0.25, -0.2) is 4.79 Å². The number of carbonyl (C=O) groups is 1. The zero-order valence-corrected chi connectivity index (χ0v) is 32.5. The van der Waals surface area contributed by atoms with Crippen LogP contribution in [0.3, 0.4) is 0 Å². The van der Waals surface area contributed by atoms with E-state index >= 15 is 0 Å². The molecule has 0 heterocycles. The van der Waals surface area contributed by atoms with Gasteiger partial charge in [0.2, 0.25) is 0 Å². The predicted molar refractivity (Wildman–Crippen MR) is 208 cm³/mol. The molecule has 0 aliphatic carbocycles. The number of benzene rings is 6. The Morgan fingerprint density at radius 3 is 1.13 bits per heavy atom. The maximum Gasteiger partial charge on any atom is 0.323 e. The molecule has 0 bridgehead atoms. The summed E-state index contributed by atoms with van der Waals surface area (Å²) in [4.78, 5) is 9.88. The fraction of sp³-hybridized carbons (Fsp3) is 0. The summed E-state index contributed by atoms with van der Waals surface area (Å²) in [5, 5.41) is 61.5. The highest BCUT2D eigenvalue weighted by Gasteiger charge is 2.25. The number of phenols is 4. The van der Waals surface area contributed by atoms with Crippen LogP contribution in [-0.4, -0.2) is 78.3 Å². The van der Waals surface area contributed by atoms with Gasteiger partial charge in [-0.05, 0) is 59.3 Å².